The molecule has 1 aromatic carbocycles. The van der Waals surface area contributed by atoms with Crippen molar-refractivity contribution >= 4 is 5.91 Å². The van der Waals surface area contributed by atoms with E-state index in [9.17, 15) is 23.1 Å². The zero-order chi connectivity index (χ0) is 15.5. The maximum Gasteiger partial charge on any atom is 0.416 e. The normalized spacial score (nSPS) is 17.0. The van der Waals surface area contributed by atoms with Crippen molar-refractivity contribution in [2.45, 2.75) is 38.0 Å². The van der Waals surface area contributed by atoms with Gasteiger partial charge in [-0.1, -0.05) is 12.1 Å². The standard InChI is InChI=1S/C15H18F3NO2/c16-15(17,18)12-4-1-11(2-5-12)3-6-14(21)19-9-7-13(20)8-10-19/h1-2,4-5,13,20H,3,6-10H2. The van der Waals surface area contributed by atoms with Crippen LogP contribution in [0.1, 0.15) is 30.4 Å². The molecule has 1 fully saturated rings. The van der Waals surface area contributed by atoms with E-state index >= 15 is 0 Å². The molecule has 0 aromatic heterocycles. The molecule has 0 unspecified atom stereocenters. The van der Waals surface area contributed by atoms with Crippen molar-refractivity contribution in [3.8, 4) is 0 Å². The average Bonchev–Trinajstić information content (AvgIpc) is 2.45. The van der Waals surface area contributed by atoms with Crippen LogP contribution in [-0.2, 0) is 17.4 Å². The summed E-state index contributed by atoms with van der Waals surface area (Å²) in [5.74, 6) is -0.0122. The van der Waals surface area contributed by atoms with Gasteiger partial charge in [0, 0.05) is 19.5 Å². The van der Waals surface area contributed by atoms with Crippen LogP contribution >= 0.6 is 0 Å². The van der Waals surface area contributed by atoms with Crippen LogP contribution in [0.15, 0.2) is 24.3 Å². The minimum Gasteiger partial charge on any atom is -0.393 e. The minimum absolute atomic E-state index is 0.0122. The van der Waals surface area contributed by atoms with Crippen LogP contribution in [0.25, 0.3) is 0 Å². The van der Waals surface area contributed by atoms with Crippen molar-refractivity contribution in [2.24, 2.45) is 0 Å². The number of aliphatic hydroxyl groups is 1. The van der Waals surface area contributed by atoms with Crippen molar-refractivity contribution in [1.29, 1.82) is 0 Å². The number of nitrogens with zero attached hydrogens (tertiary/aromatic N) is 1. The Labute approximate surface area is 121 Å². The van der Waals surface area contributed by atoms with Crippen molar-refractivity contribution in [1.82, 2.24) is 4.90 Å². The molecule has 21 heavy (non-hydrogen) atoms. The number of carbonyl (C=O) groups excluding carboxylic acids is 1. The Hall–Kier alpha value is -1.56. The molecule has 2 rings (SSSR count). The molecule has 1 N–H and O–H groups in total. The van der Waals surface area contributed by atoms with Crippen LogP contribution in [0.5, 0.6) is 0 Å². The van der Waals surface area contributed by atoms with E-state index in [0.717, 1.165) is 12.1 Å². The lowest BCUT2D eigenvalue weighted by atomic mass is 10.0. The Kier molecular flexibility index (Phi) is 4.88. The Morgan fingerprint density at radius 2 is 1.76 bits per heavy atom. The molecule has 1 aliphatic rings. The molecule has 3 nitrogen and oxygen atoms in total. The van der Waals surface area contributed by atoms with Crippen molar-refractivity contribution in [3.63, 3.8) is 0 Å². The molecule has 6 heteroatoms. The molecular formula is C15H18F3NO2. The highest BCUT2D eigenvalue weighted by Gasteiger charge is 2.30. The molecule has 0 aliphatic carbocycles. The van der Waals surface area contributed by atoms with Gasteiger partial charge >= 0.3 is 6.18 Å². The third kappa shape index (κ3) is 4.46. The maximum absolute atomic E-state index is 12.4. The zero-order valence-corrected chi connectivity index (χ0v) is 11.6. The number of amides is 1. The van der Waals surface area contributed by atoms with Crippen molar-refractivity contribution in [3.05, 3.63) is 35.4 Å². The van der Waals surface area contributed by atoms with E-state index in [-0.39, 0.29) is 18.4 Å². The second-order valence-corrected chi connectivity index (χ2v) is 5.31. The van der Waals surface area contributed by atoms with Crippen LogP contribution in [0, 0.1) is 0 Å². The van der Waals surface area contributed by atoms with Gasteiger partial charge in [-0.3, -0.25) is 4.79 Å². The molecule has 116 valence electrons. The first-order valence-electron chi connectivity index (χ1n) is 6.98. The Balaban J connectivity index is 1.84. The van der Waals surface area contributed by atoms with E-state index in [4.69, 9.17) is 0 Å². The summed E-state index contributed by atoms with van der Waals surface area (Å²) in [5, 5.41) is 9.38. The number of carbonyl (C=O) groups is 1. The molecule has 0 bridgehead atoms. The van der Waals surface area contributed by atoms with E-state index < -0.39 is 11.7 Å². The number of aryl methyl sites for hydroxylation is 1. The first-order valence-corrected chi connectivity index (χ1v) is 6.98. The van der Waals surface area contributed by atoms with Crippen molar-refractivity contribution in [2.75, 3.05) is 13.1 Å². The van der Waals surface area contributed by atoms with E-state index in [1.807, 2.05) is 0 Å². The largest absolute Gasteiger partial charge is 0.416 e. The van der Waals surface area contributed by atoms with Crippen LogP contribution in [0.3, 0.4) is 0 Å². The smallest absolute Gasteiger partial charge is 0.393 e. The first kappa shape index (κ1) is 15.8. The average molecular weight is 301 g/mol. The second-order valence-electron chi connectivity index (χ2n) is 5.31. The van der Waals surface area contributed by atoms with Crippen LogP contribution in [0.4, 0.5) is 13.2 Å². The number of hydrogen-bond acceptors (Lipinski definition) is 2. The predicted octanol–water partition coefficient (Wildman–Crippen LogP) is 2.62. The Morgan fingerprint density at radius 3 is 2.29 bits per heavy atom. The van der Waals surface area contributed by atoms with Gasteiger partial charge in [0.05, 0.1) is 11.7 Å². The molecule has 0 spiro atoms. The zero-order valence-electron chi connectivity index (χ0n) is 11.6. The lowest BCUT2D eigenvalue weighted by molar-refractivity contribution is -0.137. The monoisotopic (exact) mass is 301 g/mol. The van der Waals surface area contributed by atoms with Gasteiger partial charge < -0.3 is 10.0 Å². The summed E-state index contributed by atoms with van der Waals surface area (Å²) in [7, 11) is 0. The number of rotatable bonds is 3. The number of hydrogen-bond donors (Lipinski definition) is 1. The molecule has 1 aromatic rings. The van der Waals surface area contributed by atoms with E-state index in [2.05, 4.69) is 0 Å². The molecule has 1 aliphatic heterocycles. The number of likely N-dealkylation sites (tertiary alicyclic amines) is 1. The SMILES string of the molecule is O=C(CCc1ccc(C(F)(F)F)cc1)N1CCC(O)CC1. The highest BCUT2D eigenvalue weighted by Crippen LogP contribution is 2.29. The summed E-state index contributed by atoms with van der Waals surface area (Å²) in [6, 6.07) is 4.90. The van der Waals surface area contributed by atoms with E-state index in [1.165, 1.54) is 12.1 Å². The molecule has 1 amide bonds. The quantitative estimate of drug-likeness (QED) is 0.932. The van der Waals surface area contributed by atoms with Gasteiger partial charge in [-0.25, -0.2) is 0 Å². The molecule has 0 radical (unpaired) electrons. The number of piperidine rings is 1. The topological polar surface area (TPSA) is 40.5 Å². The summed E-state index contributed by atoms with van der Waals surface area (Å²) >= 11 is 0. The van der Waals surface area contributed by atoms with E-state index in [1.54, 1.807) is 4.90 Å². The summed E-state index contributed by atoms with van der Waals surface area (Å²) in [4.78, 5) is 13.7. The number of halogens is 3. The summed E-state index contributed by atoms with van der Waals surface area (Å²) in [6.45, 7) is 1.10. The van der Waals surface area contributed by atoms with Crippen LogP contribution in [0.2, 0.25) is 0 Å². The van der Waals surface area contributed by atoms with Gasteiger partial charge in [0.25, 0.3) is 0 Å². The molecule has 1 saturated heterocycles. The molecule has 1 heterocycles. The van der Waals surface area contributed by atoms with Gasteiger partial charge in [0.15, 0.2) is 0 Å². The highest BCUT2D eigenvalue weighted by molar-refractivity contribution is 5.76. The van der Waals surface area contributed by atoms with Crippen molar-refractivity contribution < 1.29 is 23.1 Å². The first-order chi connectivity index (χ1) is 9.86. The Morgan fingerprint density at radius 1 is 1.19 bits per heavy atom. The fraction of sp³-hybridized carbons (Fsp3) is 0.533. The van der Waals surface area contributed by atoms with Crippen LogP contribution in [-0.4, -0.2) is 35.1 Å². The molecular weight excluding hydrogens is 283 g/mol. The third-order valence-electron chi connectivity index (χ3n) is 3.73. The van der Waals surface area contributed by atoms with Gasteiger partial charge in [0.2, 0.25) is 5.91 Å². The third-order valence-corrected chi connectivity index (χ3v) is 3.73. The minimum atomic E-state index is -4.33. The summed E-state index contributed by atoms with van der Waals surface area (Å²) in [6.07, 6.45) is -2.78. The summed E-state index contributed by atoms with van der Waals surface area (Å²) < 4.78 is 37.3. The van der Waals surface area contributed by atoms with Gasteiger partial charge in [-0.05, 0) is 37.0 Å². The number of aliphatic hydroxyl groups excluding tert-OH is 1. The fourth-order valence-corrected chi connectivity index (χ4v) is 2.39. The predicted molar refractivity (Wildman–Crippen MR) is 71.6 cm³/mol. The van der Waals surface area contributed by atoms with Gasteiger partial charge in [-0.2, -0.15) is 13.2 Å². The molecule has 0 saturated carbocycles. The van der Waals surface area contributed by atoms with Crippen LogP contribution < -0.4 is 0 Å². The number of benzene rings is 1. The lowest BCUT2D eigenvalue weighted by Gasteiger charge is -2.29. The van der Waals surface area contributed by atoms with E-state index in [0.29, 0.717) is 37.9 Å². The second kappa shape index (κ2) is 6.47. The Bertz CT molecular complexity index is 477. The lowest BCUT2D eigenvalue weighted by Crippen LogP contribution is -2.40. The maximum atomic E-state index is 12.4. The van der Waals surface area contributed by atoms with Gasteiger partial charge in [0.1, 0.15) is 0 Å². The highest BCUT2D eigenvalue weighted by atomic mass is 19.4. The van der Waals surface area contributed by atoms with Gasteiger partial charge in [-0.15, -0.1) is 0 Å². The fourth-order valence-electron chi connectivity index (χ4n) is 2.39. The number of alkyl halides is 3. The molecule has 0 atom stereocenters. The summed E-state index contributed by atoms with van der Waals surface area (Å²) in [5.41, 5.74) is 0.0380.